The second-order valence-corrected chi connectivity index (χ2v) is 3.11. The normalized spacial score (nSPS) is 18.4. The molecular formula is C10H9NO3. The number of nitrogens with zero attached hydrogens (tertiary/aromatic N) is 1. The first-order valence-electron chi connectivity index (χ1n) is 4.31. The van der Waals surface area contributed by atoms with Crippen LogP contribution in [-0.4, -0.2) is 11.5 Å². The lowest BCUT2D eigenvalue weighted by atomic mass is 9.97. The zero-order valence-electron chi connectivity index (χ0n) is 7.42. The summed E-state index contributed by atoms with van der Waals surface area (Å²) in [5, 5.41) is 10.4. The predicted molar refractivity (Wildman–Crippen MR) is 50.8 cm³/mol. The summed E-state index contributed by atoms with van der Waals surface area (Å²) in [4.78, 5) is 10.1. The maximum atomic E-state index is 10.4. The van der Waals surface area contributed by atoms with Gasteiger partial charge >= 0.3 is 0 Å². The first-order valence-corrected chi connectivity index (χ1v) is 4.31. The summed E-state index contributed by atoms with van der Waals surface area (Å²) >= 11 is 0. The van der Waals surface area contributed by atoms with E-state index in [2.05, 4.69) is 0 Å². The Morgan fingerprint density at radius 2 is 2.21 bits per heavy atom. The molecule has 1 aliphatic heterocycles. The fraction of sp³-hybridized carbons (Fsp3) is 0.200. The molecule has 1 aromatic rings. The van der Waals surface area contributed by atoms with Crippen LogP contribution in [0.2, 0.25) is 0 Å². The highest BCUT2D eigenvalue weighted by atomic mass is 16.6. The number of ether oxygens (including phenoxy) is 1. The third-order valence-electron chi connectivity index (χ3n) is 2.17. The SMILES string of the molecule is O=[N+]([O-])CC1C=COc2ccccc21. The Hall–Kier alpha value is -1.84. The van der Waals surface area contributed by atoms with E-state index in [4.69, 9.17) is 4.74 Å². The minimum atomic E-state index is -0.308. The minimum Gasteiger partial charge on any atom is -0.465 e. The molecule has 0 spiro atoms. The van der Waals surface area contributed by atoms with Crippen LogP contribution in [0, 0.1) is 10.1 Å². The molecule has 0 N–H and O–H groups in total. The van der Waals surface area contributed by atoms with Crippen LogP contribution >= 0.6 is 0 Å². The Bertz CT molecular complexity index is 387. The Labute approximate surface area is 81.0 Å². The molecule has 0 saturated carbocycles. The molecule has 1 unspecified atom stereocenters. The highest BCUT2D eigenvalue weighted by Crippen LogP contribution is 2.31. The molecule has 4 heteroatoms. The summed E-state index contributed by atoms with van der Waals surface area (Å²) in [6.07, 6.45) is 3.22. The van der Waals surface area contributed by atoms with E-state index >= 15 is 0 Å². The number of hydrogen-bond donors (Lipinski definition) is 0. The maximum absolute atomic E-state index is 10.4. The molecule has 2 rings (SSSR count). The fourth-order valence-electron chi connectivity index (χ4n) is 1.53. The van der Waals surface area contributed by atoms with Crippen LogP contribution in [0.25, 0.3) is 0 Å². The zero-order chi connectivity index (χ0) is 9.97. The van der Waals surface area contributed by atoms with Gasteiger partial charge in [-0.3, -0.25) is 10.1 Å². The molecule has 1 aromatic carbocycles. The third kappa shape index (κ3) is 1.59. The second-order valence-electron chi connectivity index (χ2n) is 3.11. The Kier molecular flexibility index (Phi) is 2.18. The summed E-state index contributed by atoms with van der Waals surface area (Å²) in [6, 6.07) is 7.37. The number of nitro groups is 1. The number of hydrogen-bond acceptors (Lipinski definition) is 3. The minimum absolute atomic E-state index is 0.0864. The van der Waals surface area contributed by atoms with E-state index in [0.29, 0.717) is 5.75 Å². The molecule has 0 fully saturated rings. The van der Waals surface area contributed by atoms with Crippen molar-refractivity contribution in [1.82, 2.24) is 0 Å². The maximum Gasteiger partial charge on any atom is 0.214 e. The van der Waals surface area contributed by atoms with Gasteiger partial charge in [-0.25, -0.2) is 0 Å². The van der Waals surface area contributed by atoms with E-state index < -0.39 is 0 Å². The van der Waals surface area contributed by atoms with Crippen molar-refractivity contribution in [3.8, 4) is 5.75 Å². The van der Waals surface area contributed by atoms with E-state index in [1.165, 1.54) is 6.26 Å². The first-order chi connectivity index (χ1) is 6.77. The van der Waals surface area contributed by atoms with Crippen LogP contribution in [0.1, 0.15) is 11.5 Å². The molecular weight excluding hydrogens is 182 g/mol. The van der Waals surface area contributed by atoms with Crippen molar-refractivity contribution >= 4 is 0 Å². The quantitative estimate of drug-likeness (QED) is 0.530. The number of para-hydroxylation sites is 1. The Morgan fingerprint density at radius 3 is 3.00 bits per heavy atom. The van der Waals surface area contributed by atoms with Crippen LogP contribution in [0.5, 0.6) is 5.75 Å². The average molecular weight is 191 g/mol. The lowest BCUT2D eigenvalue weighted by Gasteiger charge is -2.17. The average Bonchev–Trinajstić information content (AvgIpc) is 2.18. The standard InChI is InChI=1S/C10H9NO3/c12-11(13)7-8-5-6-14-10-4-2-1-3-9(8)10/h1-6,8H,7H2. The molecule has 4 nitrogen and oxygen atoms in total. The molecule has 1 atom stereocenters. The molecule has 0 saturated heterocycles. The van der Waals surface area contributed by atoms with Gasteiger partial charge in [0, 0.05) is 10.5 Å². The van der Waals surface area contributed by atoms with Gasteiger partial charge < -0.3 is 4.74 Å². The highest BCUT2D eigenvalue weighted by molar-refractivity contribution is 5.40. The van der Waals surface area contributed by atoms with Crippen molar-refractivity contribution in [2.45, 2.75) is 5.92 Å². The molecule has 0 aromatic heterocycles. The van der Waals surface area contributed by atoms with Gasteiger partial charge in [-0.2, -0.15) is 0 Å². The van der Waals surface area contributed by atoms with Crippen molar-refractivity contribution in [3.05, 3.63) is 52.3 Å². The van der Waals surface area contributed by atoms with E-state index in [0.717, 1.165) is 5.56 Å². The lowest BCUT2D eigenvalue weighted by molar-refractivity contribution is -0.481. The van der Waals surface area contributed by atoms with Crippen molar-refractivity contribution in [1.29, 1.82) is 0 Å². The van der Waals surface area contributed by atoms with Gasteiger partial charge in [0.2, 0.25) is 6.54 Å². The summed E-state index contributed by atoms with van der Waals surface area (Å²) in [5.41, 5.74) is 0.881. The van der Waals surface area contributed by atoms with Gasteiger partial charge in [-0.1, -0.05) is 18.2 Å². The summed E-state index contributed by atoms with van der Waals surface area (Å²) in [7, 11) is 0. The van der Waals surface area contributed by atoms with Crippen LogP contribution in [0.15, 0.2) is 36.6 Å². The molecule has 0 bridgehead atoms. The van der Waals surface area contributed by atoms with Crippen LogP contribution in [-0.2, 0) is 0 Å². The smallest absolute Gasteiger partial charge is 0.214 e. The fourth-order valence-corrected chi connectivity index (χ4v) is 1.53. The van der Waals surface area contributed by atoms with E-state index in [-0.39, 0.29) is 17.4 Å². The van der Waals surface area contributed by atoms with Crippen LogP contribution in [0.3, 0.4) is 0 Å². The lowest BCUT2D eigenvalue weighted by Crippen LogP contribution is -2.13. The zero-order valence-corrected chi connectivity index (χ0v) is 7.42. The highest BCUT2D eigenvalue weighted by Gasteiger charge is 2.21. The summed E-state index contributed by atoms with van der Waals surface area (Å²) in [5.74, 6) is 0.539. The van der Waals surface area contributed by atoms with Gasteiger partial charge in [-0.05, 0) is 12.1 Å². The van der Waals surface area contributed by atoms with Crippen molar-refractivity contribution in [2.24, 2.45) is 0 Å². The molecule has 0 amide bonds. The van der Waals surface area contributed by atoms with E-state index in [9.17, 15) is 10.1 Å². The van der Waals surface area contributed by atoms with Gasteiger partial charge in [0.25, 0.3) is 0 Å². The number of fused-ring (bicyclic) bond motifs is 1. The molecule has 1 aliphatic rings. The first kappa shape index (κ1) is 8.74. The number of rotatable bonds is 2. The molecule has 0 radical (unpaired) electrons. The second kappa shape index (κ2) is 3.49. The van der Waals surface area contributed by atoms with Crippen LogP contribution < -0.4 is 4.74 Å². The molecule has 14 heavy (non-hydrogen) atoms. The molecule has 72 valence electrons. The topological polar surface area (TPSA) is 52.4 Å². The largest absolute Gasteiger partial charge is 0.465 e. The predicted octanol–water partition coefficient (Wildman–Crippen LogP) is 1.95. The van der Waals surface area contributed by atoms with Gasteiger partial charge in [0.1, 0.15) is 5.75 Å². The van der Waals surface area contributed by atoms with Gasteiger partial charge in [0.05, 0.1) is 12.2 Å². The van der Waals surface area contributed by atoms with Crippen LogP contribution in [0.4, 0.5) is 0 Å². The monoisotopic (exact) mass is 191 g/mol. The molecule has 1 heterocycles. The van der Waals surface area contributed by atoms with Gasteiger partial charge in [0.15, 0.2) is 0 Å². The van der Waals surface area contributed by atoms with Crippen molar-refractivity contribution in [3.63, 3.8) is 0 Å². The third-order valence-corrected chi connectivity index (χ3v) is 2.17. The molecule has 0 aliphatic carbocycles. The van der Waals surface area contributed by atoms with Gasteiger partial charge in [-0.15, -0.1) is 0 Å². The Morgan fingerprint density at radius 1 is 1.43 bits per heavy atom. The van der Waals surface area contributed by atoms with E-state index in [1.54, 1.807) is 6.08 Å². The van der Waals surface area contributed by atoms with E-state index in [1.807, 2.05) is 24.3 Å². The summed E-state index contributed by atoms with van der Waals surface area (Å²) in [6.45, 7) is -0.0864. The van der Waals surface area contributed by atoms with Crippen molar-refractivity contribution in [2.75, 3.05) is 6.54 Å². The van der Waals surface area contributed by atoms with Crippen molar-refractivity contribution < 1.29 is 9.66 Å². The number of benzene rings is 1. The summed E-state index contributed by atoms with van der Waals surface area (Å²) < 4.78 is 5.23. The Balaban J connectivity index is 2.31.